The number of nitrogens with zero attached hydrogens (tertiary/aromatic N) is 2. The fourth-order valence-corrected chi connectivity index (χ4v) is 4.67. The van der Waals surface area contributed by atoms with E-state index in [1.54, 1.807) is 39.5 Å². The summed E-state index contributed by atoms with van der Waals surface area (Å²) in [5.41, 5.74) is 5.23. The van der Waals surface area contributed by atoms with E-state index < -0.39 is 6.41 Å². The normalized spacial score (nSPS) is 15.9. The number of rotatable bonds is 9. The van der Waals surface area contributed by atoms with Crippen molar-refractivity contribution in [1.29, 1.82) is 0 Å². The van der Waals surface area contributed by atoms with E-state index in [1.807, 2.05) is 42.6 Å². The lowest BCUT2D eigenvalue weighted by Crippen LogP contribution is -2.29. The minimum absolute atomic E-state index is 0.0201. The number of para-hydroxylation sites is 1. The number of carbonyl (C=O) groups excluding carboxylic acids is 1. The second-order valence-electron chi connectivity index (χ2n) is 9.45. The zero-order valence-corrected chi connectivity index (χ0v) is 21.7. The molecule has 1 saturated heterocycles. The lowest BCUT2D eigenvalue weighted by atomic mass is 9.99. The number of aromatic amines is 1. The molecule has 38 heavy (non-hydrogen) atoms. The minimum Gasteiger partial charge on any atom is -0.496 e. The fourth-order valence-electron chi connectivity index (χ4n) is 4.67. The summed E-state index contributed by atoms with van der Waals surface area (Å²) in [6, 6.07) is 15.3. The Bertz CT molecular complexity index is 1430. The Morgan fingerprint density at radius 3 is 2.82 bits per heavy atom. The van der Waals surface area contributed by atoms with Crippen LogP contribution in [0.5, 0.6) is 5.75 Å². The van der Waals surface area contributed by atoms with Crippen molar-refractivity contribution >= 4 is 22.6 Å². The summed E-state index contributed by atoms with van der Waals surface area (Å²) in [5.74, 6) is 0.569. The molecule has 4 aromatic rings. The maximum Gasteiger partial charge on any atom is 0.255 e. The van der Waals surface area contributed by atoms with Crippen molar-refractivity contribution in [2.45, 2.75) is 25.4 Å². The molecule has 1 fully saturated rings. The molecule has 0 aliphatic carbocycles. The number of fused-ring (bicyclic) bond motifs is 1. The minimum atomic E-state index is -1.28. The number of hydrogen-bond donors (Lipinski definition) is 3. The van der Waals surface area contributed by atoms with Gasteiger partial charge in [-0.1, -0.05) is 24.3 Å². The first-order valence-corrected chi connectivity index (χ1v) is 12.6. The molecule has 0 spiro atoms. The highest BCUT2D eigenvalue weighted by Gasteiger charge is 2.20. The third-order valence-electron chi connectivity index (χ3n) is 6.66. The van der Waals surface area contributed by atoms with Crippen LogP contribution < -0.4 is 10.1 Å². The molecule has 1 amide bonds. The van der Waals surface area contributed by atoms with Gasteiger partial charge in [0, 0.05) is 55.2 Å². The molecule has 9 heteroatoms. The summed E-state index contributed by atoms with van der Waals surface area (Å²) in [6.45, 7) is 0.990. The van der Waals surface area contributed by atoms with Crippen LogP contribution in [0.3, 0.4) is 0 Å². The van der Waals surface area contributed by atoms with Gasteiger partial charge >= 0.3 is 0 Å². The smallest absolute Gasteiger partial charge is 0.255 e. The summed E-state index contributed by atoms with van der Waals surface area (Å²) < 4.78 is 16.6. The highest BCUT2D eigenvalue weighted by Crippen LogP contribution is 2.36. The third kappa shape index (κ3) is 5.35. The van der Waals surface area contributed by atoms with Gasteiger partial charge in [0.05, 0.1) is 31.1 Å². The average molecular weight is 517 g/mol. The molecule has 3 heterocycles. The van der Waals surface area contributed by atoms with Crippen LogP contribution in [0.1, 0.15) is 23.2 Å². The van der Waals surface area contributed by atoms with E-state index in [0.717, 1.165) is 51.9 Å². The van der Waals surface area contributed by atoms with Gasteiger partial charge in [-0.2, -0.15) is 0 Å². The third-order valence-corrected chi connectivity index (χ3v) is 6.66. The molecular formula is C29H32N4O5. The number of aliphatic hydroxyl groups excluding tert-OH is 1. The number of ether oxygens (including phenoxy) is 3. The van der Waals surface area contributed by atoms with Crippen LogP contribution >= 0.6 is 0 Å². The topological polar surface area (TPSA) is 109 Å². The molecule has 3 N–H and O–H groups in total. The van der Waals surface area contributed by atoms with Crippen molar-refractivity contribution in [2.75, 3.05) is 39.7 Å². The van der Waals surface area contributed by atoms with E-state index in [0.29, 0.717) is 17.9 Å². The van der Waals surface area contributed by atoms with Crippen LogP contribution in [0.2, 0.25) is 0 Å². The van der Waals surface area contributed by atoms with Crippen molar-refractivity contribution in [3.8, 4) is 28.0 Å². The highest BCUT2D eigenvalue weighted by molar-refractivity contribution is 6.01. The van der Waals surface area contributed by atoms with Crippen LogP contribution in [-0.2, 0) is 9.47 Å². The largest absolute Gasteiger partial charge is 0.496 e. The number of hydrogen-bond acceptors (Lipinski definition) is 7. The lowest BCUT2D eigenvalue weighted by molar-refractivity contribution is -0.106. The molecule has 198 valence electrons. The molecular weight excluding hydrogens is 484 g/mol. The fraction of sp³-hybridized carbons (Fsp3) is 0.310. The number of aliphatic hydroxyl groups is 1. The zero-order chi connectivity index (χ0) is 26.6. The second kappa shape index (κ2) is 11.2. The Balaban J connectivity index is 1.46. The van der Waals surface area contributed by atoms with Gasteiger partial charge in [0.25, 0.3) is 5.91 Å². The van der Waals surface area contributed by atoms with Gasteiger partial charge in [-0.15, -0.1) is 0 Å². The zero-order valence-electron chi connectivity index (χ0n) is 21.7. The van der Waals surface area contributed by atoms with Gasteiger partial charge in [0.1, 0.15) is 11.4 Å². The highest BCUT2D eigenvalue weighted by atomic mass is 16.6. The molecule has 2 atom stereocenters. The summed E-state index contributed by atoms with van der Waals surface area (Å²) in [4.78, 5) is 22.4. The first-order chi connectivity index (χ1) is 18.4. The molecule has 2 aromatic heterocycles. The van der Waals surface area contributed by atoms with E-state index >= 15 is 0 Å². The maximum absolute atomic E-state index is 13.1. The van der Waals surface area contributed by atoms with Gasteiger partial charge in [-0.25, -0.2) is 4.98 Å². The van der Waals surface area contributed by atoms with E-state index in [-0.39, 0.29) is 18.6 Å². The van der Waals surface area contributed by atoms with Gasteiger partial charge < -0.3 is 34.5 Å². The summed E-state index contributed by atoms with van der Waals surface area (Å²) >= 11 is 0. The number of methoxy groups -OCH3 is 1. The first-order valence-electron chi connectivity index (χ1n) is 12.6. The Labute approximate surface area is 221 Å². The van der Waals surface area contributed by atoms with Crippen molar-refractivity contribution < 1.29 is 24.1 Å². The standard InChI is InChI=1S/C29H32N4O5/c1-33(2)28(34)23-13-18(10-11-25(23)32-29(35)38-17-20-7-6-12-37-20)19-14-22-24(16-31-27(22)30-15-19)21-8-4-5-9-26(21)36-3/h4-5,8-11,13-16,20,29,32,35H,6-7,12,17H2,1-3H3,(H,30,31). The lowest BCUT2D eigenvalue weighted by Gasteiger charge is -2.21. The van der Waals surface area contributed by atoms with Crippen LogP contribution in [0, 0.1) is 0 Å². The van der Waals surface area contributed by atoms with Crippen molar-refractivity contribution in [2.24, 2.45) is 0 Å². The van der Waals surface area contributed by atoms with E-state index in [2.05, 4.69) is 15.3 Å². The van der Waals surface area contributed by atoms with Crippen molar-refractivity contribution in [1.82, 2.24) is 14.9 Å². The molecule has 0 bridgehead atoms. The number of H-pyrrole nitrogens is 1. The molecule has 0 radical (unpaired) electrons. The Morgan fingerprint density at radius 1 is 1.21 bits per heavy atom. The molecule has 1 aliphatic rings. The van der Waals surface area contributed by atoms with Gasteiger partial charge in [-0.3, -0.25) is 4.79 Å². The molecule has 1 aliphatic heterocycles. The summed E-state index contributed by atoms with van der Waals surface area (Å²) in [6.07, 6.45) is 4.30. The Morgan fingerprint density at radius 2 is 2.05 bits per heavy atom. The molecule has 9 nitrogen and oxygen atoms in total. The van der Waals surface area contributed by atoms with Crippen LogP contribution in [-0.4, -0.2) is 72.8 Å². The number of nitrogens with one attached hydrogen (secondary N) is 2. The molecule has 5 rings (SSSR count). The number of benzene rings is 2. The van der Waals surface area contributed by atoms with Crippen LogP contribution in [0.4, 0.5) is 5.69 Å². The predicted octanol–water partition coefficient (Wildman–Crippen LogP) is 4.49. The predicted molar refractivity (Wildman–Crippen MR) is 146 cm³/mol. The summed E-state index contributed by atoms with van der Waals surface area (Å²) in [7, 11) is 5.03. The van der Waals surface area contributed by atoms with Crippen molar-refractivity contribution in [3.63, 3.8) is 0 Å². The van der Waals surface area contributed by atoms with Crippen LogP contribution in [0.15, 0.2) is 60.9 Å². The average Bonchev–Trinajstić information content (AvgIpc) is 3.61. The number of carbonyl (C=O) groups is 1. The Kier molecular flexibility index (Phi) is 7.59. The molecule has 2 unspecified atom stereocenters. The Hall–Kier alpha value is -3.92. The van der Waals surface area contributed by atoms with E-state index in [9.17, 15) is 9.90 Å². The first kappa shape index (κ1) is 25.7. The van der Waals surface area contributed by atoms with Gasteiger partial charge in [0.2, 0.25) is 6.41 Å². The number of amides is 1. The van der Waals surface area contributed by atoms with E-state index in [1.165, 1.54) is 4.90 Å². The number of pyridine rings is 1. The van der Waals surface area contributed by atoms with E-state index in [4.69, 9.17) is 14.2 Å². The van der Waals surface area contributed by atoms with Gasteiger partial charge in [-0.05, 0) is 42.7 Å². The molecule has 2 aromatic carbocycles. The SMILES string of the molecule is COc1ccccc1-c1c[nH]c2ncc(-c3ccc(NC(O)OCC4CCCO4)c(C(=O)N(C)C)c3)cc12. The maximum atomic E-state index is 13.1. The monoisotopic (exact) mass is 516 g/mol. The molecule has 0 saturated carbocycles. The second-order valence-corrected chi connectivity index (χ2v) is 9.45. The summed E-state index contributed by atoms with van der Waals surface area (Å²) in [5, 5.41) is 14.3. The van der Waals surface area contributed by atoms with Crippen LogP contribution in [0.25, 0.3) is 33.3 Å². The number of anilines is 1. The van der Waals surface area contributed by atoms with Gasteiger partial charge in [0.15, 0.2) is 0 Å². The number of aromatic nitrogens is 2. The quantitative estimate of drug-likeness (QED) is 0.281. The van der Waals surface area contributed by atoms with Crippen molar-refractivity contribution in [3.05, 3.63) is 66.5 Å².